The Morgan fingerprint density at radius 3 is 2.67 bits per heavy atom. The highest BCUT2D eigenvalue weighted by Gasteiger charge is 2.53. The Bertz CT molecular complexity index is 857. The molecule has 0 aromatic carbocycles. The van der Waals surface area contributed by atoms with E-state index in [1.54, 1.807) is 6.92 Å². The third-order valence-electron chi connectivity index (χ3n) is 5.05. The summed E-state index contributed by atoms with van der Waals surface area (Å²) in [6, 6.07) is 1.38. The first-order chi connectivity index (χ1) is 12.7. The monoisotopic (exact) mass is 393 g/mol. The van der Waals surface area contributed by atoms with Gasteiger partial charge in [0.25, 0.3) is 0 Å². The number of primary amides is 1. The van der Waals surface area contributed by atoms with Crippen LogP contribution in [0.25, 0.3) is 0 Å². The van der Waals surface area contributed by atoms with Crippen molar-refractivity contribution in [2.75, 3.05) is 13.1 Å². The second kappa shape index (κ2) is 7.35. The van der Waals surface area contributed by atoms with Crippen LogP contribution in [-0.2, 0) is 24.4 Å². The van der Waals surface area contributed by atoms with Crippen molar-refractivity contribution in [2.24, 2.45) is 11.7 Å². The molecule has 0 saturated carbocycles. The van der Waals surface area contributed by atoms with E-state index in [0.29, 0.717) is 6.42 Å². The van der Waals surface area contributed by atoms with E-state index in [0.717, 1.165) is 0 Å². The van der Waals surface area contributed by atoms with Crippen LogP contribution in [0.4, 0.5) is 0 Å². The Morgan fingerprint density at radius 2 is 2.04 bits per heavy atom. The van der Waals surface area contributed by atoms with E-state index >= 15 is 0 Å². The van der Waals surface area contributed by atoms with E-state index in [1.165, 1.54) is 40.2 Å². The van der Waals surface area contributed by atoms with E-state index in [1.807, 2.05) is 0 Å². The number of pyridine rings is 1. The summed E-state index contributed by atoms with van der Waals surface area (Å²) in [6.45, 7) is 1.63. The van der Waals surface area contributed by atoms with Crippen molar-refractivity contribution < 1.29 is 22.8 Å². The number of hydrogen-bond acceptors (Lipinski definition) is 6. The number of ketones is 1. The van der Waals surface area contributed by atoms with Crippen molar-refractivity contribution in [3.63, 3.8) is 0 Å². The normalized spacial score (nSPS) is 24.0. The number of sulfonamides is 1. The highest BCUT2D eigenvalue weighted by molar-refractivity contribution is 7.89. The van der Waals surface area contributed by atoms with Gasteiger partial charge in [-0.15, -0.1) is 0 Å². The van der Waals surface area contributed by atoms with Crippen LogP contribution in [0.2, 0.25) is 0 Å². The van der Waals surface area contributed by atoms with E-state index < -0.39 is 33.9 Å². The summed E-state index contributed by atoms with van der Waals surface area (Å²) < 4.78 is 26.9. The Hall–Kier alpha value is -2.33. The van der Waals surface area contributed by atoms with Gasteiger partial charge in [-0.25, -0.2) is 8.42 Å². The van der Waals surface area contributed by atoms with Gasteiger partial charge < -0.3 is 10.6 Å². The number of Topliss-reactive ketones (excluding diaryl/α,β-unsaturated/α-hetero) is 1. The molecule has 3 rings (SSSR count). The minimum Gasteiger partial charge on any atom is -0.369 e. The number of hydrogen-bond donors (Lipinski definition) is 1. The molecule has 0 bridgehead atoms. The van der Waals surface area contributed by atoms with Crippen LogP contribution in [0.1, 0.15) is 19.8 Å². The van der Waals surface area contributed by atoms with Crippen molar-refractivity contribution in [1.82, 2.24) is 14.2 Å². The van der Waals surface area contributed by atoms with Gasteiger partial charge in [-0.05, 0) is 25.0 Å². The summed E-state index contributed by atoms with van der Waals surface area (Å²) in [5, 5.41) is 0. The van der Waals surface area contributed by atoms with Crippen LogP contribution in [0, 0.1) is 12.3 Å². The second-order valence-corrected chi connectivity index (χ2v) is 8.67. The quantitative estimate of drug-likeness (QED) is 0.683. The summed E-state index contributed by atoms with van der Waals surface area (Å²) in [5.41, 5.74) is 5.19. The Kier molecular flexibility index (Phi) is 5.29. The molecule has 3 heterocycles. The van der Waals surface area contributed by atoms with Crippen LogP contribution in [0.3, 0.4) is 0 Å². The van der Waals surface area contributed by atoms with Gasteiger partial charge in [-0.1, -0.05) is 6.92 Å². The molecule has 1 aromatic heterocycles. The SMILES string of the molecule is CC(C[CH]C(=O)N1CCC2C1C(=O)CN2S(=O)(=O)c1ccncc1)C(N)=O. The van der Waals surface area contributed by atoms with Gasteiger partial charge in [0.1, 0.15) is 6.04 Å². The van der Waals surface area contributed by atoms with Crippen LogP contribution < -0.4 is 5.73 Å². The number of nitrogens with zero attached hydrogens (tertiary/aromatic N) is 3. The van der Waals surface area contributed by atoms with Gasteiger partial charge in [-0.3, -0.25) is 19.4 Å². The number of likely N-dealkylation sites (tertiary alicyclic amines) is 1. The predicted octanol–water partition coefficient (Wildman–Crippen LogP) is -0.660. The van der Waals surface area contributed by atoms with E-state index in [-0.39, 0.29) is 36.1 Å². The van der Waals surface area contributed by atoms with Gasteiger partial charge in [0.05, 0.1) is 23.9 Å². The lowest BCUT2D eigenvalue weighted by molar-refractivity contribution is -0.133. The topological polar surface area (TPSA) is 131 Å². The minimum absolute atomic E-state index is 0.0672. The molecule has 2 N–H and O–H groups in total. The number of amides is 2. The molecule has 27 heavy (non-hydrogen) atoms. The van der Waals surface area contributed by atoms with Gasteiger partial charge in [-0.2, -0.15) is 4.31 Å². The van der Waals surface area contributed by atoms with Crippen molar-refractivity contribution in [1.29, 1.82) is 0 Å². The third-order valence-corrected chi connectivity index (χ3v) is 6.93. The Balaban J connectivity index is 1.75. The van der Waals surface area contributed by atoms with E-state index in [9.17, 15) is 22.8 Å². The maximum Gasteiger partial charge on any atom is 0.243 e. The van der Waals surface area contributed by atoms with Gasteiger partial charge >= 0.3 is 0 Å². The molecule has 9 nitrogen and oxygen atoms in total. The molecular formula is C17H21N4O5S. The first kappa shape index (κ1) is 19.4. The number of carbonyl (C=O) groups is 3. The molecule has 2 saturated heterocycles. The maximum atomic E-state index is 12.9. The number of aromatic nitrogens is 1. The molecule has 1 aromatic rings. The molecule has 3 unspecified atom stereocenters. The maximum absolute atomic E-state index is 12.9. The van der Waals surface area contributed by atoms with Crippen molar-refractivity contribution in [3.8, 4) is 0 Å². The molecule has 2 amide bonds. The fourth-order valence-corrected chi connectivity index (χ4v) is 5.11. The zero-order chi connectivity index (χ0) is 19.8. The van der Waals surface area contributed by atoms with Crippen LogP contribution >= 0.6 is 0 Å². The van der Waals surface area contributed by atoms with Crippen LogP contribution in [0.15, 0.2) is 29.4 Å². The summed E-state index contributed by atoms with van der Waals surface area (Å²) in [6.07, 6.45) is 4.65. The third kappa shape index (κ3) is 3.59. The molecular weight excluding hydrogens is 372 g/mol. The lowest BCUT2D eigenvalue weighted by atomic mass is 10.0. The predicted molar refractivity (Wildman–Crippen MR) is 94.3 cm³/mol. The Morgan fingerprint density at radius 1 is 1.37 bits per heavy atom. The lowest BCUT2D eigenvalue weighted by Gasteiger charge is -2.24. The fraction of sp³-hybridized carbons (Fsp3) is 0.471. The van der Waals surface area contributed by atoms with Crippen molar-refractivity contribution in [3.05, 3.63) is 30.9 Å². The first-order valence-electron chi connectivity index (χ1n) is 8.61. The molecule has 3 atom stereocenters. The lowest BCUT2D eigenvalue weighted by Crippen LogP contribution is -2.43. The molecule has 2 fully saturated rings. The number of fused-ring (bicyclic) bond motifs is 1. The minimum atomic E-state index is -3.85. The molecule has 10 heteroatoms. The van der Waals surface area contributed by atoms with E-state index in [4.69, 9.17) is 5.73 Å². The van der Waals surface area contributed by atoms with Gasteiger partial charge in [0.15, 0.2) is 5.78 Å². The summed E-state index contributed by atoms with van der Waals surface area (Å²) in [5.74, 6) is -1.69. The highest BCUT2D eigenvalue weighted by atomic mass is 32.2. The second-order valence-electron chi connectivity index (χ2n) is 6.78. The smallest absolute Gasteiger partial charge is 0.243 e. The molecule has 2 aliphatic rings. The Labute approximate surface area is 157 Å². The molecule has 1 radical (unpaired) electrons. The van der Waals surface area contributed by atoms with E-state index in [2.05, 4.69) is 4.98 Å². The number of carbonyl (C=O) groups excluding carboxylic acids is 3. The van der Waals surface area contributed by atoms with Crippen LogP contribution in [-0.4, -0.2) is 65.4 Å². The zero-order valence-corrected chi connectivity index (χ0v) is 15.6. The summed E-state index contributed by atoms with van der Waals surface area (Å²) >= 11 is 0. The number of rotatable bonds is 6. The average molecular weight is 393 g/mol. The van der Waals surface area contributed by atoms with Crippen molar-refractivity contribution in [2.45, 2.75) is 36.7 Å². The molecule has 0 spiro atoms. The standard InChI is InChI=1S/C17H21N4O5S/c1-11(17(18)24)2-3-15(23)20-9-6-13-16(20)14(22)10-21(13)27(25,26)12-4-7-19-8-5-12/h3-5,7-8,11,13,16H,2,6,9-10H2,1H3,(H2,18,24). The first-order valence-corrected chi connectivity index (χ1v) is 10.0. The van der Waals surface area contributed by atoms with Crippen molar-refractivity contribution >= 4 is 27.6 Å². The van der Waals surface area contributed by atoms with Gasteiger partial charge in [0.2, 0.25) is 21.8 Å². The molecule has 2 aliphatic heterocycles. The summed E-state index contributed by atoms with van der Waals surface area (Å²) in [7, 11) is -3.85. The highest BCUT2D eigenvalue weighted by Crippen LogP contribution is 2.34. The number of nitrogens with two attached hydrogens (primary N) is 1. The summed E-state index contributed by atoms with van der Waals surface area (Å²) in [4.78, 5) is 41.4. The molecule has 0 aliphatic carbocycles. The fourth-order valence-electron chi connectivity index (χ4n) is 3.50. The average Bonchev–Trinajstić information content (AvgIpc) is 3.21. The van der Waals surface area contributed by atoms with Crippen LogP contribution in [0.5, 0.6) is 0 Å². The largest absolute Gasteiger partial charge is 0.369 e. The molecule has 145 valence electrons. The zero-order valence-electron chi connectivity index (χ0n) is 14.8. The van der Waals surface area contributed by atoms with Gasteiger partial charge in [0, 0.05) is 24.9 Å².